The zero-order valence-electron chi connectivity index (χ0n) is 10.2. The number of hydrogen-bond acceptors (Lipinski definition) is 4. The Labute approximate surface area is 104 Å². The third kappa shape index (κ3) is 2.38. The molecule has 6 heteroatoms. The Kier molecular flexibility index (Phi) is 3.38. The lowest BCUT2D eigenvalue weighted by Crippen LogP contribution is -2.06. The zero-order valence-corrected chi connectivity index (χ0v) is 10.2. The number of rotatable bonds is 4. The molecule has 2 aromatic rings. The molecule has 1 aromatic heterocycles. The summed E-state index contributed by atoms with van der Waals surface area (Å²) in [6.07, 6.45) is 1.68. The lowest BCUT2D eigenvalue weighted by Gasteiger charge is -2.01. The summed E-state index contributed by atoms with van der Waals surface area (Å²) in [5.74, 6) is 0.802. The maximum Gasteiger partial charge on any atom is 0.272 e. The van der Waals surface area contributed by atoms with Gasteiger partial charge in [-0.25, -0.2) is 4.98 Å². The number of imidazole rings is 1. The first-order chi connectivity index (χ1) is 8.61. The van der Waals surface area contributed by atoms with Gasteiger partial charge >= 0.3 is 0 Å². The largest absolute Gasteiger partial charge is 0.341 e. The topological polar surface area (TPSA) is 83.8 Å². The second-order valence-electron chi connectivity index (χ2n) is 4.03. The van der Waals surface area contributed by atoms with Crippen LogP contribution in [0.15, 0.2) is 24.4 Å². The number of aromatic amines is 1. The first-order valence-electron chi connectivity index (χ1n) is 5.55. The van der Waals surface area contributed by atoms with Crippen LogP contribution in [0.25, 0.3) is 11.3 Å². The number of nitro benzene ring substituents is 1. The van der Waals surface area contributed by atoms with Crippen LogP contribution in [0.5, 0.6) is 0 Å². The Balaban J connectivity index is 2.38. The number of H-pyrrole nitrogens is 1. The van der Waals surface area contributed by atoms with Crippen LogP contribution >= 0.6 is 0 Å². The number of aromatic nitrogens is 2. The minimum Gasteiger partial charge on any atom is -0.341 e. The fourth-order valence-corrected chi connectivity index (χ4v) is 1.74. The van der Waals surface area contributed by atoms with Gasteiger partial charge in [-0.15, -0.1) is 0 Å². The fourth-order valence-electron chi connectivity index (χ4n) is 1.74. The molecule has 2 N–H and O–H groups in total. The summed E-state index contributed by atoms with van der Waals surface area (Å²) in [5.41, 5.74) is 2.32. The van der Waals surface area contributed by atoms with Crippen LogP contribution in [-0.4, -0.2) is 21.9 Å². The second kappa shape index (κ2) is 4.97. The summed E-state index contributed by atoms with van der Waals surface area (Å²) >= 11 is 0. The number of aryl methyl sites for hydroxylation is 1. The van der Waals surface area contributed by atoms with Gasteiger partial charge in [0.1, 0.15) is 5.82 Å². The Hall–Kier alpha value is -2.21. The molecule has 0 bridgehead atoms. The van der Waals surface area contributed by atoms with E-state index in [9.17, 15) is 10.1 Å². The van der Waals surface area contributed by atoms with Crippen LogP contribution in [0.3, 0.4) is 0 Å². The van der Waals surface area contributed by atoms with E-state index in [1.54, 1.807) is 25.3 Å². The van der Waals surface area contributed by atoms with Gasteiger partial charge in [0.15, 0.2) is 0 Å². The number of hydrogen-bond donors (Lipinski definition) is 2. The van der Waals surface area contributed by atoms with E-state index in [0.717, 1.165) is 17.1 Å². The predicted octanol–water partition coefficient (Wildman–Crippen LogP) is 2.01. The van der Waals surface area contributed by atoms with Crippen molar-refractivity contribution in [1.29, 1.82) is 0 Å². The van der Waals surface area contributed by atoms with E-state index < -0.39 is 0 Å². The third-order valence-electron chi connectivity index (χ3n) is 2.69. The minimum atomic E-state index is -0.371. The molecule has 1 heterocycles. The molecule has 0 aliphatic heterocycles. The maximum atomic E-state index is 10.9. The average molecular weight is 246 g/mol. The van der Waals surface area contributed by atoms with E-state index >= 15 is 0 Å². The van der Waals surface area contributed by atoms with Crippen molar-refractivity contribution in [2.75, 3.05) is 7.05 Å². The highest BCUT2D eigenvalue weighted by Crippen LogP contribution is 2.25. The standard InChI is InChI=1S/C12H14N4O2/c1-8-3-4-9(5-11(8)16(17)18)10-6-14-12(15-10)7-13-2/h3-6,13H,7H2,1-2H3,(H,14,15). The molecule has 0 unspecified atom stereocenters. The van der Waals surface area contributed by atoms with Gasteiger partial charge in [0.05, 0.1) is 23.4 Å². The van der Waals surface area contributed by atoms with Crippen LogP contribution in [0.2, 0.25) is 0 Å². The van der Waals surface area contributed by atoms with Gasteiger partial charge in [-0.1, -0.05) is 12.1 Å². The van der Waals surface area contributed by atoms with E-state index in [0.29, 0.717) is 12.1 Å². The van der Waals surface area contributed by atoms with Gasteiger partial charge in [0.2, 0.25) is 0 Å². The number of benzene rings is 1. The molecule has 94 valence electrons. The Morgan fingerprint density at radius 2 is 2.28 bits per heavy atom. The first-order valence-corrected chi connectivity index (χ1v) is 5.55. The lowest BCUT2D eigenvalue weighted by atomic mass is 10.1. The third-order valence-corrected chi connectivity index (χ3v) is 2.69. The van der Waals surface area contributed by atoms with Gasteiger partial charge in [-0.3, -0.25) is 10.1 Å². The zero-order chi connectivity index (χ0) is 13.1. The Morgan fingerprint density at radius 3 is 2.94 bits per heavy atom. The normalized spacial score (nSPS) is 10.6. The molecule has 0 saturated carbocycles. The molecule has 0 aliphatic carbocycles. The molecule has 0 fully saturated rings. The lowest BCUT2D eigenvalue weighted by molar-refractivity contribution is -0.385. The van der Waals surface area contributed by atoms with Crippen LogP contribution in [-0.2, 0) is 6.54 Å². The SMILES string of the molecule is CNCc1ncc(-c2ccc(C)c([N+](=O)[O-])c2)[nH]1. The molecular weight excluding hydrogens is 232 g/mol. The molecule has 0 aliphatic rings. The Bertz CT molecular complexity index is 577. The van der Waals surface area contributed by atoms with Gasteiger partial charge in [0, 0.05) is 17.2 Å². The van der Waals surface area contributed by atoms with Gasteiger partial charge in [0.25, 0.3) is 5.69 Å². The van der Waals surface area contributed by atoms with E-state index in [1.807, 2.05) is 13.1 Å². The Morgan fingerprint density at radius 1 is 1.50 bits per heavy atom. The first kappa shape index (κ1) is 12.3. The summed E-state index contributed by atoms with van der Waals surface area (Å²) in [6, 6.07) is 5.15. The molecule has 0 amide bonds. The fraction of sp³-hybridized carbons (Fsp3) is 0.250. The van der Waals surface area contributed by atoms with E-state index in [1.165, 1.54) is 0 Å². The molecule has 0 atom stereocenters. The van der Waals surface area contributed by atoms with Crippen LogP contribution in [0, 0.1) is 17.0 Å². The van der Waals surface area contributed by atoms with Crippen molar-refractivity contribution < 1.29 is 4.92 Å². The van der Waals surface area contributed by atoms with Crippen LogP contribution < -0.4 is 5.32 Å². The highest BCUT2D eigenvalue weighted by atomic mass is 16.6. The molecule has 0 radical (unpaired) electrons. The quantitative estimate of drug-likeness (QED) is 0.638. The van der Waals surface area contributed by atoms with E-state index in [-0.39, 0.29) is 10.6 Å². The molecule has 0 spiro atoms. The summed E-state index contributed by atoms with van der Waals surface area (Å²) in [7, 11) is 1.83. The summed E-state index contributed by atoms with van der Waals surface area (Å²) in [6.45, 7) is 2.36. The highest BCUT2D eigenvalue weighted by molar-refractivity contribution is 5.63. The summed E-state index contributed by atoms with van der Waals surface area (Å²) < 4.78 is 0. The van der Waals surface area contributed by atoms with Crippen molar-refractivity contribution in [3.8, 4) is 11.3 Å². The van der Waals surface area contributed by atoms with Crippen LogP contribution in [0.1, 0.15) is 11.4 Å². The van der Waals surface area contributed by atoms with Crippen molar-refractivity contribution in [2.24, 2.45) is 0 Å². The van der Waals surface area contributed by atoms with E-state index in [2.05, 4.69) is 15.3 Å². The number of nitrogens with zero attached hydrogens (tertiary/aromatic N) is 2. The van der Waals surface area contributed by atoms with Crippen LogP contribution in [0.4, 0.5) is 5.69 Å². The van der Waals surface area contributed by atoms with Gasteiger partial charge in [-0.05, 0) is 14.0 Å². The molecule has 6 nitrogen and oxygen atoms in total. The van der Waals surface area contributed by atoms with E-state index in [4.69, 9.17) is 0 Å². The molecular formula is C12H14N4O2. The van der Waals surface area contributed by atoms with Crippen molar-refractivity contribution >= 4 is 5.69 Å². The maximum absolute atomic E-state index is 10.9. The summed E-state index contributed by atoms with van der Waals surface area (Å²) in [5, 5.41) is 13.9. The van der Waals surface area contributed by atoms with Crippen molar-refractivity contribution in [3.63, 3.8) is 0 Å². The average Bonchev–Trinajstić information content (AvgIpc) is 2.78. The second-order valence-corrected chi connectivity index (χ2v) is 4.03. The monoisotopic (exact) mass is 246 g/mol. The van der Waals surface area contributed by atoms with Crippen molar-refractivity contribution in [3.05, 3.63) is 45.9 Å². The predicted molar refractivity (Wildman–Crippen MR) is 68.2 cm³/mol. The summed E-state index contributed by atoms with van der Waals surface area (Å²) in [4.78, 5) is 17.8. The molecule has 18 heavy (non-hydrogen) atoms. The minimum absolute atomic E-state index is 0.122. The molecule has 1 aromatic carbocycles. The van der Waals surface area contributed by atoms with Crippen molar-refractivity contribution in [2.45, 2.75) is 13.5 Å². The smallest absolute Gasteiger partial charge is 0.272 e. The number of nitro groups is 1. The van der Waals surface area contributed by atoms with Crippen molar-refractivity contribution in [1.82, 2.24) is 15.3 Å². The highest BCUT2D eigenvalue weighted by Gasteiger charge is 2.12. The van der Waals surface area contributed by atoms with Gasteiger partial charge < -0.3 is 10.3 Å². The number of nitrogens with one attached hydrogen (secondary N) is 2. The molecule has 0 saturated heterocycles. The molecule has 2 rings (SSSR count). The van der Waals surface area contributed by atoms with Gasteiger partial charge in [-0.2, -0.15) is 0 Å².